The van der Waals surface area contributed by atoms with Gasteiger partial charge in [0.1, 0.15) is 5.76 Å². The number of likely N-dealkylation sites (N-methyl/N-ethyl adjacent to an activating group) is 1. The van der Waals surface area contributed by atoms with Crippen LogP contribution in [-0.2, 0) is 4.74 Å². The Kier molecular flexibility index (Phi) is 4.15. The van der Waals surface area contributed by atoms with Gasteiger partial charge in [-0.3, -0.25) is 0 Å². The molecule has 1 fully saturated rings. The normalized spacial score (nSPS) is 23.8. The molecule has 96 valence electrons. The van der Waals surface area contributed by atoms with E-state index in [-0.39, 0.29) is 12.1 Å². The second-order valence-electron chi connectivity index (χ2n) is 4.69. The summed E-state index contributed by atoms with van der Waals surface area (Å²) in [5.74, 6) is 1.59. The van der Waals surface area contributed by atoms with Crippen LogP contribution in [0, 0.1) is 6.92 Å². The van der Waals surface area contributed by atoms with E-state index in [2.05, 4.69) is 29.2 Å². The van der Waals surface area contributed by atoms with Crippen molar-refractivity contribution in [3.05, 3.63) is 17.8 Å². The fourth-order valence-electron chi connectivity index (χ4n) is 1.96. The van der Waals surface area contributed by atoms with Crippen LogP contribution in [0.2, 0.25) is 0 Å². The summed E-state index contributed by atoms with van der Waals surface area (Å²) in [6.45, 7) is 7.60. The van der Waals surface area contributed by atoms with Crippen molar-refractivity contribution in [1.29, 1.82) is 0 Å². The van der Waals surface area contributed by atoms with Gasteiger partial charge in [0.05, 0.1) is 24.9 Å². The Labute approximate surface area is 102 Å². The number of oxazole rings is 1. The number of rotatable bonds is 4. The van der Waals surface area contributed by atoms with E-state index in [1.54, 1.807) is 6.20 Å². The van der Waals surface area contributed by atoms with Gasteiger partial charge in [-0.05, 0) is 20.9 Å². The fourth-order valence-corrected chi connectivity index (χ4v) is 1.96. The third kappa shape index (κ3) is 3.52. The summed E-state index contributed by atoms with van der Waals surface area (Å²) in [7, 11) is 2.12. The van der Waals surface area contributed by atoms with Crippen LogP contribution in [0.5, 0.6) is 0 Å². The number of nitrogens with one attached hydrogen (secondary N) is 1. The number of hydrogen-bond acceptors (Lipinski definition) is 5. The first kappa shape index (κ1) is 12.5. The molecule has 1 aromatic heterocycles. The lowest BCUT2D eigenvalue weighted by Crippen LogP contribution is -2.45. The minimum Gasteiger partial charge on any atom is -0.444 e. The maximum absolute atomic E-state index is 5.68. The molecule has 1 N–H and O–H groups in total. The summed E-state index contributed by atoms with van der Waals surface area (Å²) in [6.07, 6.45) is 2.01. The lowest BCUT2D eigenvalue weighted by molar-refractivity contribution is -0.0193. The van der Waals surface area contributed by atoms with E-state index in [1.807, 2.05) is 6.92 Å². The highest BCUT2D eigenvalue weighted by Gasteiger charge is 2.19. The average molecular weight is 239 g/mol. The van der Waals surface area contributed by atoms with E-state index in [0.29, 0.717) is 0 Å². The van der Waals surface area contributed by atoms with Gasteiger partial charge in [-0.1, -0.05) is 0 Å². The molecule has 0 saturated carbocycles. The van der Waals surface area contributed by atoms with E-state index in [4.69, 9.17) is 9.15 Å². The number of nitrogens with zero attached hydrogens (tertiary/aromatic N) is 2. The predicted molar refractivity (Wildman–Crippen MR) is 64.9 cm³/mol. The molecule has 0 aliphatic carbocycles. The molecule has 2 heterocycles. The molecule has 1 aliphatic rings. The number of ether oxygens (including phenoxy) is 1. The molecule has 0 aromatic carbocycles. The van der Waals surface area contributed by atoms with Crippen LogP contribution in [0.4, 0.5) is 0 Å². The SMILES string of the molecule is Cc1cnc(C(C)NCC2CN(C)CCO2)o1. The number of hydrogen-bond donors (Lipinski definition) is 1. The summed E-state index contributed by atoms with van der Waals surface area (Å²) in [5, 5.41) is 3.39. The molecular formula is C12H21N3O2. The Morgan fingerprint density at radius 3 is 3.12 bits per heavy atom. The van der Waals surface area contributed by atoms with Crippen molar-refractivity contribution in [3.63, 3.8) is 0 Å². The average Bonchev–Trinajstić information content (AvgIpc) is 2.73. The van der Waals surface area contributed by atoms with Crippen molar-refractivity contribution in [2.45, 2.75) is 26.0 Å². The zero-order valence-electron chi connectivity index (χ0n) is 10.8. The Morgan fingerprint density at radius 1 is 1.65 bits per heavy atom. The van der Waals surface area contributed by atoms with Crippen LogP contribution >= 0.6 is 0 Å². The molecule has 0 amide bonds. The largest absolute Gasteiger partial charge is 0.444 e. The standard InChI is InChI=1S/C12H21N3O2/c1-9-6-14-12(17-9)10(2)13-7-11-8-15(3)4-5-16-11/h6,10-11,13H,4-5,7-8H2,1-3H3. The van der Waals surface area contributed by atoms with Crippen molar-refractivity contribution in [2.24, 2.45) is 0 Å². The number of aryl methyl sites for hydroxylation is 1. The summed E-state index contributed by atoms with van der Waals surface area (Å²) in [4.78, 5) is 6.50. The van der Waals surface area contributed by atoms with Crippen LogP contribution in [0.3, 0.4) is 0 Å². The third-order valence-corrected chi connectivity index (χ3v) is 3.00. The summed E-state index contributed by atoms with van der Waals surface area (Å²) >= 11 is 0. The lowest BCUT2D eigenvalue weighted by Gasteiger charge is -2.30. The topological polar surface area (TPSA) is 50.5 Å². The van der Waals surface area contributed by atoms with Crippen molar-refractivity contribution < 1.29 is 9.15 Å². The van der Waals surface area contributed by atoms with Crippen molar-refractivity contribution in [2.75, 3.05) is 33.3 Å². The minimum absolute atomic E-state index is 0.125. The van der Waals surface area contributed by atoms with Gasteiger partial charge < -0.3 is 19.4 Å². The van der Waals surface area contributed by atoms with Crippen LogP contribution in [-0.4, -0.2) is 49.3 Å². The van der Waals surface area contributed by atoms with E-state index >= 15 is 0 Å². The van der Waals surface area contributed by atoms with Gasteiger partial charge in [0, 0.05) is 19.6 Å². The van der Waals surface area contributed by atoms with Crippen LogP contribution in [0.1, 0.15) is 24.6 Å². The molecule has 1 saturated heterocycles. The molecule has 0 radical (unpaired) electrons. The molecule has 1 aliphatic heterocycles. The van der Waals surface area contributed by atoms with Gasteiger partial charge in [-0.25, -0.2) is 4.98 Å². The van der Waals surface area contributed by atoms with Crippen molar-refractivity contribution >= 4 is 0 Å². The molecule has 5 heteroatoms. The Morgan fingerprint density at radius 2 is 2.47 bits per heavy atom. The number of morpholine rings is 1. The monoisotopic (exact) mass is 239 g/mol. The van der Waals surface area contributed by atoms with Gasteiger partial charge >= 0.3 is 0 Å². The highest BCUT2D eigenvalue weighted by Crippen LogP contribution is 2.12. The molecule has 2 unspecified atom stereocenters. The third-order valence-electron chi connectivity index (χ3n) is 3.00. The summed E-state index contributed by atoms with van der Waals surface area (Å²) < 4.78 is 11.2. The smallest absolute Gasteiger partial charge is 0.211 e. The second kappa shape index (κ2) is 5.62. The molecule has 2 atom stereocenters. The second-order valence-corrected chi connectivity index (χ2v) is 4.69. The van der Waals surface area contributed by atoms with Gasteiger partial charge in [-0.15, -0.1) is 0 Å². The molecule has 0 bridgehead atoms. The highest BCUT2D eigenvalue weighted by atomic mass is 16.5. The molecule has 0 spiro atoms. The molecule has 5 nitrogen and oxygen atoms in total. The van der Waals surface area contributed by atoms with Gasteiger partial charge in [0.15, 0.2) is 0 Å². The minimum atomic E-state index is 0.125. The summed E-state index contributed by atoms with van der Waals surface area (Å²) in [5.41, 5.74) is 0. The first-order chi connectivity index (χ1) is 8.15. The van der Waals surface area contributed by atoms with Gasteiger partial charge in [-0.2, -0.15) is 0 Å². The zero-order chi connectivity index (χ0) is 12.3. The first-order valence-corrected chi connectivity index (χ1v) is 6.11. The van der Waals surface area contributed by atoms with Crippen LogP contribution in [0.25, 0.3) is 0 Å². The lowest BCUT2D eigenvalue weighted by atomic mass is 10.2. The van der Waals surface area contributed by atoms with Crippen molar-refractivity contribution in [1.82, 2.24) is 15.2 Å². The zero-order valence-corrected chi connectivity index (χ0v) is 10.8. The molecular weight excluding hydrogens is 218 g/mol. The maximum atomic E-state index is 5.68. The Hall–Kier alpha value is -0.910. The fraction of sp³-hybridized carbons (Fsp3) is 0.750. The Balaban J connectivity index is 1.77. The first-order valence-electron chi connectivity index (χ1n) is 6.11. The quantitative estimate of drug-likeness (QED) is 0.848. The van der Waals surface area contributed by atoms with E-state index in [9.17, 15) is 0 Å². The van der Waals surface area contributed by atoms with E-state index in [1.165, 1.54) is 0 Å². The van der Waals surface area contributed by atoms with Crippen molar-refractivity contribution in [3.8, 4) is 0 Å². The van der Waals surface area contributed by atoms with Gasteiger partial charge in [0.25, 0.3) is 0 Å². The van der Waals surface area contributed by atoms with Crippen LogP contribution in [0.15, 0.2) is 10.6 Å². The van der Waals surface area contributed by atoms with Crippen LogP contribution < -0.4 is 5.32 Å². The van der Waals surface area contributed by atoms with Gasteiger partial charge in [0.2, 0.25) is 5.89 Å². The molecule has 2 rings (SSSR count). The number of aromatic nitrogens is 1. The maximum Gasteiger partial charge on any atom is 0.211 e. The Bertz CT molecular complexity index is 353. The molecule has 1 aromatic rings. The highest BCUT2D eigenvalue weighted by molar-refractivity contribution is 4.95. The van der Waals surface area contributed by atoms with E-state index in [0.717, 1.165) is 37.9 Å². The predicted octanol–water partition coefficient (Wildman–Crippen LogP) is 0.964. The summed E-state index contributed by atoms with van der Waals surface area (Å²) in [6, 6.07) is 0.125. The van der Waals surface area contributed by atoms with E-state index < -0.39 is 0 Å². The molecule has 17 heavy (non-hydrogen) atoms.